The van der Waals surface area contributed by atoms with Gasteiger partial charge in [0.1, 0.15) is 11.6 Å². The Morgan fingerprint density at radius 3 is 3.13 bits per heavy atom. The van der Waals surface area contributed by atoms with Crippen LogP contribution in [0.15, 0.2) is 36.7 Å². The first kappa shape index (κ1) is 15.0. The number of non-ortho nitro benzene ring substituents is 1. The molecular weight excluding hydrogens is 300 g/mol. The van der Waals surface area contributed by atoms with Gasteiger partial charge >= 0.3 is 0 Å². The van der Waals surface area contributed by atoms with E-state index in [2.05, 4.69) is 9.97 Å². The fraction of sp³-hybridized carbons (Fsp3) is 0.333. The molecular formula is C15H16N4O4. The third-order valence-electron chi connectivity index (χ3n) is 3.80. The Bertz CT molecular complexity index is 701. The molecule has 23 heavy (non-hydrogen) atoms. The molecule has 120 valence electrons. The van der Waals surface area contributed by atoms with Gasteiger partial charge in [0.2, 0.25) is 0 Å². The number of aromatic nitrogens is 2. The molecule has 1 aliphatic rings. The van der Waals surface area contributed by atoms with Crippen molar-refractivity contribution in [2.24, 2.45) is 0 Å². The summed E-state index contributed by atoms with van der Waals surface area (Å²) in [5.41, 5.74) is -0.0652. The summed E-state index contributed by atoms with van der Waals surface area (Å²) in [7, 11) is 0. The maximum absolute atomic E-state index is 12.4. The van der Waals surface area contributed by atoms with Crippen LogP contribution in [0.25, 0.3) is 0 Å². The number of amides is 1. The van der Waals surface area contributed by atoms with E-state index in [9.17, 15) is 14.9 Å². The lowest BCUT2D eigenvalue weighted by atomic mass is 10.2. The molecule has 0 bridgehead atoms. The normalized spacial score (nSPS) is 17.2. The minimum Gasteiger partial charge on any atom is -0.484 e. The van der Waals surface area contributed by atoms with E-state index in [1.807, 2.05) is 0 Å². The quantitative estimate of drug-likeness (QED) is 0.672. The minimum atomic E-state index is -0.498. The first-order chi connectivity index (χ1) is 11.1. The Morgan fingerprint density at radius 2 is 2.39 bits per heavy atom. The first-order valence-corrected chi connectivity index (χ1v) is 7.31. The van der Waals surface area contributed by atoms with Gasteiger partial charge in [0.25, 0.3) is 11.6 Å². The predicted octanol–water partition coefficient (Wildman–Crippen LogP) is 2.06. The van der Waals surface area contributed by atoms with Crippen LogP contribution < -0.4 is 4.74 Å². The fourth-order valence-electron chi connectivity index (χ4n) is 2.72. The number of carbonyl (C=O) groups excluding carboxylic acids is 1. The van der Waals surface area contributed by atoms with Crippen LogP contribution in [-0.2, 0) is 4.79 Å². The van der Waals surface area contributed by atoms with Crippen molar-refractivity contribution in [3.63, 3.8) is 0 Å². The van der Waals surface area contributed by atoms with Gasteiger partial charge in [-0.25, -0.2) is 4.98 Å². The smallest absolute Gasteiger partial charge is 0.273 e. The van der Waals surface area contributed by atoms with Gasteiger partial charge in [-0.3, -0.25) is 14.9 Å². The van der Waals surface area contributed by atoms with Crippen LogP contribution >= 0.6 is 0 Å². The van der Waals surface area contributed by atoms with Gasteiger partial charge in [-0.05, 0) is 18.9 Å². The van der Waals surface area contributed by atoms with Crippen molar-refractivity contribution in [3.05, 3.63) is 52.6 Å². The van der Waals surface area contributed by atoms with Crippen molar-refractivity contribution in [1.82, 2.24) is 14.9 Å². The predicted molar refractivity (Wildman–Crippen MR) is 80.9 cm³/mol. The highest BCUT2D eigenvalue weighted by molar-refractivity contribution is 5.78. The minimum absolute atomic E-state index is 0.0637. The second-order valence-corrected chi connectivity index (χ2v) is 5.26. The fourth-order valence-corrected chi connectivity index (χ4v) is 2.72. The van der Waals surface area contributed by atoms with E-state index >= 15 is 0 Å². The number of imidazole rings is 1. The van der Waals surface area contributed by atoms with Crippen LogP contribution in [0, 0.1) is 10.1 Å². The van der Waals surface area contributed by atoms with Gasteiger partial charge in [-0.15, -0.1) is 0 Å². The summed E-state index contributed by atoms with van der Waals surface area (Å²) in [4.78, 5) is 31.6. The molecule has 1 saturated heterocycles. The van der Waals surface area contributed by atoms with Crippen LogP contribution in [0.3, 0.4) is 0 Å². The van der Waals surface area contributed by atoms with Gasteiger partial charge < -0.3 is 14.6 Å². The molecule has 0 saturated carbocycles. The second kappa shape index (κ2) is 6.47. The van der Waals surface area contributed by atoms with E-state index in [0.717, 1.165) is 18.7 Å². The van der Waals surface area contributed by atoms with Gasteiger partial charge in [0, 0.05) is 25.0 Å². The maximum Gasteiger partial charge on any atom is 0.273 e. The Morgan fingerprint density at radius 1 is 1.52 bits per heavy atom. The van der Waals surface area contributed by atoms with E-state index in [1.54, 1.807) is 23.4 Å². The molecule has 1 fully saturated rings. The lowest BCUT2D eigenvalue weighted by Crippen LogP contribution is -2.34. The number of likely N-dealkylation sites (tertiary alicyclic amines) is 1. The SMILES string of the molecule is O=C(COc1cccc([N+](=O)[O-])c1)N1CCC[C@@H]1c1ncc[nH]1. The lowest BCUT2D eigenvalue weighted by molar-refractivity contribution is -0.384. The third-order valence-corrected chi connectivity index (χ3v) is 3.80. The molecule has 2 aromatic rings. The molecule has 1 atom stereocenters. The molecule has 3 rings (SSSR count). The summed E-state index contributed by atoms with van der Waals surface area (Å²) < 4.78 is 5.41. The van der Waals surface area contributed by atoms with E-state index in [4.69, 9.17) is 4.74 Å². The number of aromatic amines is 1. The average molecular weight is 316 g/mol. The maximum atomic E-state index is 12.4. The zero-order valence-electron chi connectivity index (χ0n) is 12.3. The summed E-state index contributed by atoms with van der Waals surface area (Å²) in [6.45, 7) is 0.501. The summed E-state index contributed by atoms with van der Waals surface area (Å²) in [6, 6.07) is 5.74. The number of hydrogen-bond acceptors (Lipinski definition) is 5. The Labute approximate surface area is 132 Å². The molecule has 2 heterocycles. The molecule has 0 aliphatic carbocycles. The Kier molecular flexibility index (Phi) is 4.22. The lowest BCUT2D eigenvalue weighted by Gasteiger charge is -2.23. The molecule has 1 amide bonds. The molecule has 0 radical (unpaired) electrons. The van der Waals surface area contributed by atoms with Crippen molar-refractivity contribution >= 4 is 11.6 Å². The molecule has 0 unspecified atom stereocenters. The molecule has 1 N–H and O–H groups in total. The summed E-state index contributed by atoms with van der Waals surface area (Å²) in [5.74, 6) is 0.919. The topological polar surface area (TPSA) is 101 Å². The van der Waals surface area contributed by atoms with Crippen molar-refractivity contribution in [3.8, 4) is 5.75 Å². The average Bonchev–Trinajstić information content (AvgIpc) is 3.23. The van der Waals surface area contributed by atoms with E-state index < -0.39 is 4.92 Å². The van der Waals surface area contributed by atoms with Crippen LogP contribution in [0.5, 0.6) is 5.75 Å². The number of carbonyl (C=O) groups is 1. The highest BCUT2D eigenvalue weighted by atomic mass is 16.6. The molecule has 8 nitrogen and oxygen atoms in total. The van der Waals surface area contributed by atoms with Gasteiger partial charge in [-0.2, -0.15) is 0 Å². The van der Waals surface area contributed by atoms with E-state index in [0.29, 0.717) is 12.3 Å². The second-order valence-electron chi connectivity index (χ2n) is 5.26. The van der Waals surface area contributed by atoms with Crippen LogP contribution in [0.1, 0.15) is 24.7 Å². The number of nitrogens with zero attached hydrogens (tertiary/aromatic N) is 3. The van der Waals surface area contributed by atoms with Gasteiger partial charge in [0.05, 0.1) is 17.0 Å². The van der Waals surface area contributed by atoms with Crippen molar-refractivity contribution < 1.29 is 14.5 Å². The number of H-pyrrole nitrogens is 1. The highest BCUT2D eigenvalue weighted by Gasteiger charge is 2.31. The molecule has 1 aromatic heterocycles. The van der Waals surface area contributed by atoms with Crippen molar-refractivity contribution in [2.45, 2.75) is 18.9 Å². The van der Waals surface area contributed by atoms with Crippen LogP contribution in [0.2, 0.25) is 0 Å². The zero-order valence-corrected chi connectivity index (χ0v) is 12.3. The van der Waals surface area contributed by atoms with Gasteiger partial charge in [0.15, 0.2) is 6.61 Å². The monoisotopic (exact) mass is 316 g/mol. The number of benzene rings is 1. The Balaban J connectivity index is 1.63. The molecule has 1 aliphatic heterocycles. The van der Waals surface area contributed by atoms with E-state index in [-0.39, 0.29) is 24.2 Å². The molecule has 1 aromatic carbocycles. The highest BCUT2D eigenvalue weighted by Crippen LogP contribution is 2.29. The largest absolute Gasteiger partial charge is 0.484 e. The first-order valence-electron chi connectivity index (χ1n) is 7.31. The molecule has 0 spiro atoms. The summed E-state index contributed by atoms with van der Waals surface area (Å²) in [5, 5.41) is 10.7. The zero-order chi connectivity index (χ0) is 16.2. The number of rotatable bonds is 5. The standard InChI is InChI=1S/C15H16N4O4/c20-14(10-23-12-4-1-3-11(9-12)19(21)22)18-8-2-5-13(18)15-16-6-7-17-15/h1,3-4,6-7,9,13H,2,5,8,10H2,(H,16,17)/t13-/m1/s1. The number of hydrogen-bond donors (Lipinski definition) is 1. The van der Waals surface area contributed by atoms with Crippen molar-refractivity contribution in [2.75, 3.05) is 13.2 Å². The van der Waals surface area contributed by atoms with Gasteiger partial charge in [-0.1, -0.05) is 6.07 Å². The number of nitro groups is 1. The van der Waals surface area contributed by atoms with Crippen molar-refractivity contribution in [1.29, 1.82) is 0 Å². The number of ether oxygens (including phenoxy) is 1. The summed E-state index contributed by atoms with van der Waals surface area (Å²) in [6.07, 6.45) is 5.16. The van der Waals surface area contributed by atoms with Crippen LogP contribution in [-0.4, -0.2) is 38.8 Å². The molecule has 8 heteroatoms. The third kappa shape index (κ3) is 3.31. The van der Waals surface area contributed by atoms with Crippen LogP contribution in [0.4, 0.5) is 5.69 Å². The number of nitro benzene ring substituents is 1. The number of nitrogens with one attached hydrogen (secondary N) is 1. The van der Waals surface area contributed by atoms with E-state index in [1.165, 1.54) is 18.2 Å². The Hall–Kier alpha value is -2.90. The summed E-state index contributed by atoms with van der Waals surface area (Å²) >= 11 is 0.